The van der Waals surface area contributed by atoms with Gasteiger partial charge in [-0.1, -0.05) is 0 Å². The first kappa shape index (κ1) is 8.96. The molecule has 1 aromatic heterocycles. The average Bonchev–Trinajstić information content (AvgIpc) is 2.55. The summed E-state index contributed by atoms with van der Waals surface area (Å²) >= 11 is 0. The third-order valence-electron chi connectivity index (χ3n) is 1.58. The van der Waals surface area contributed by atoms with Crippen molar-refractivity contribution in [3.05, 3.63) is 24.0 Å². The second-order valence-corrected chi connectivity index (χ2v) is 2.54. The molecule has 1 aromatic rings. The summed E-state index contributed by atoms with van der Waals surface area (Å²) in [6, 6.07) is 1.64. The van der Waals surface area contributed by atoms with Crippen molar-refractivity contribution < 1.29 is 9.90 Å². The molecule has 1 rings (SSSR count). The summed E-state index contributed by atoms with van der Waals surface area (Å²) < 4.78 is 0. The fourth-order valence-electron chi connectivity index (χ4n) is 0.956. The lowest BCUT2D eigenvalue weighted by Gasteiger charge is -2.06. The lowest BCUT2D eigenvalue weighted by Crippen LogP contribution is -2.31. The Labute approximate surface area is 70.6 Å². The Morgan fingerprint density at radius 2 is 2.58 bits per heavy atom. The number of hydrogen-bond donors (Lipinski definition) is 3. The van der Waals surface area contributed by atoms with Crippen LogP contribution in [0.15, 0.2) is 18.5 Å². The van der Waals surface area contributed by atoms with Crippen molar-refractivity contribution in [2.75, 3.05) is 13.6 Å². The molecule has 0 bridgehead atoms. The van der Waals surface area contributed by atoms with Crippen LogP contribution in [0, 0.1) is 0 Å². The Bertz CT molecular complexity index is 244. The van der Waals surface area contributed by atoms with Gasteiger partial charge in [0, 0.05) is 24.5 Å². The summed E-state index contributed by atoms with van der Waals surface area (Å²) in [4.78, 5) is 14.0. The van der Waals surface area contributed by atoms with Gasteiger partial charge in [0.1, 0.15) is 6.10 Å². The standard InChI is InChI=1S/C8H12N2O2/c1-9-5-7(11)8(12)6-2-3-10-4-6/h2-4,7,9-11H,5H2,1H3. The van der Waals surface area contributed by atoms with E-state index in [1.807, 2.05) is 0 Å². The Hall–Kier alpha value is -1.13. The molecule has 0 aliphatic carbocycles. The van der Waals surface area contributed by atoms with Crippen molar-refractivity contribution >= 4 is 5.78 Å². The van der Waals surface area contributed by atoms with E-state index in [-0.39, 0.29) is 12.3 Å². The lowest BCUT2D eigenvalue weighted by molar-refractivity contribution is 0.0750. The van der Waals surface area contributed by atoms with Gasteiger partial charge in [-0.3, -0.25) is 4.79 Å². The number of carbonyl (C=O) groups excluding carboxylic acids is 1. The topological polar surface area (TPSA) is 65.1 Å². The molecule has 1 heterocycles. The minimum absolute atomic E-state index is 0.259. The van der Waals surface area contributed by atoms with Crippen molar-refractivity contribution in [2.45, 2.75) is 6.10 Å². The Morgan fingerprint density at radius 1 is 1.83 bits per heavy atom. The fraction of sp³-hybridized carbons (Fsp3) is 0.375. The van der Waals surface area contributed by atoms with Gasteiger partial charge in [-0.25, -0.2) is 0 Å². The van der Waals surface area contributed by atoms with Crippen molar-refractivity contribution in [3.63, 3.8) is 0 Å². The number of aliphatic hydroxyl groups excluding tert-OH is 1. The number of likely N-dealkylation sites (N-methyl/N-ethyl adjacent to an activating group) is 1. The third-order valence-corrected chi connectivity index (χ3v) is 1.58. The first-order valence-corrected chi connectivity index (χ1v) is 3.75. The van der Waals surface area contributed by atoms with Gasteiger partial charge in [0.15, 0.2) is 5.78 Å². The first-order chi connectivity index (χ1) is 5.75. The van der Waals surface area contributed by atoms with Gasteiger partial charge >= 0.3 is 0 Å². The van der Waals surface area contributed by atoms with E-state index in [0.29, 0.717) is 5.56 Å². The van der Waals surface area contributed by atoms with Crippen molar-refractivity contribution in [1.82, 2.24) is 10.3 Å². The Kier molecular flexibility index (Phi) is 3.01. The molecule has 0 spiro atoms. The highest BCUT2D eigenvalue weighted by atomic mass is 16.3. The minimum Gasteiger partial charge on any atom is -0.384 e. The summed E-state index contributed by atoms with van der Waals surface area (Å²) in [6.45, 7) is 0.282. The zero-order valence-corrected chi connectivity index (χ0v) is 6.87. The molecule has 0 aromatic carbocycles. The number of carbonyl (C=O) groups is 1. The number of aliphatic hydroxyl groups is 1. The van der Waals surface area contributed by atoms with E-state index in [9.17, 15) is 9.90 Å². The highest BCUT2D eigenvalue weighted by molar-refractivity contribution is 5.99. The van der Waals surface area contributed by atoms with E-state index in [2.05, 4.69) is 10.3 Å². The molecule has 0 aliphatic heterocycles. The summed E-state index contributed by atoms with van der Waals surface area (Å²) in [5.41, 5.74) is 0.512. The van der Waals surface area contributed by atoms with Gasteiger partial charge in [0.2, 0.25) is 0 Å². The van der Waals surface area contributed by atoms with E-state index in [1.54, 1.807) is 25.5 Å². The number of Topliss-reactive ketones (excluding diaryl/α,β-unsaturated/α-hetero) is 1. The molecule has 0 aliphatic rings. The van der Waals surface area contributed by atoms with Crippen LogP contribution in [0.5, 0.6) is 0 Å². The lowest BCUT2D eigenvalue weighted by atomic mass is 10.1. The van der Waals surface area contributed by atoms with Gasteiger partial charge < -0.3 is 15.4 Å². The third kappa shape index (κ3) is 1.93. The molecule has 12 heavy (non-hydrogen) atoms. The number of H-pyrrole nitrogens is 1. The van der Waals surface area contributed by atoms with Crippen LogP contribution in [-0.2, 0) is 0 Å². The van der Waals surface area contributed by atoms with Gasteiger partial charge in [0.25, 0.3) is 0 Å². The fourth-order valence-corrected chi connectivity index (χ4v) is 0.956. The Morgan fingerprint density at radius 3 is 3.08 bits per heavy atom. The van der Waals surface area contributed by atoms with Crippen LogP contribution in [0.3, 0.4) is 0 Å². The molecular formula is C8H12N2O2. The van der Waals surface area contributed by atoms with Crippen LogP contribution in [0.1, 0.15) is 10.4 Å². The molecule has 1 unspecified atom stereocenters. The molecule has 4 heteroatoms. The summed E-state index contributed by atoms with van der Waals surface area (Å²) in [7, 11) is 1.69. The summed E-state index contributed by atoms with van der Waals surface area (Å²) in [5.74, 6) is -0.259. The SMILES string of the molecule is CNCC(O)C(=O)c1cc[nH]c1. The van der Waals surface area contributed by atoms with E-state index in [1.165, 1.54) is 0 Å². The maximum Gasteiger partial charge on any atom is 0.194 e. The Balaban J connectivity index is 2.59. The first-order valence-electron chi connectivity index (χ1n) is 3.75. The monoisotopic (exact) mass is 168 g/mol. The molecule has 0 amide bonds. The van der Waals surface area contributed by atoms with Gasteiger partial charge in [0.05, 0.1) is 0 Å². The zero-order chi connectivity index (χ0) is 8.97. The van der Waals surface area contributed by atoms with Gasteiger partial charge in [-0.2, -0.15) is 0 Å². The van der Waals surface area contributed by atoms with Crippen molar-refractivity contribution in [3.8, 4) is 0 Å². The van der Waals surface area contributed by atoms with Crippen molar-refractivity contribution in [2.24, 2.45) is 0 Å². The molecule has 66 valence electrons. The second kappa shape index (κ2) is 4.04. The molecule has 0 radical (unpaired) electrons. The number of aromatic amines is 1. The van der Waals surface area contributed by atoms with Crippen LogP contribution in [0.25, 0.3) is 0 Å². The second-order valence-electron chi connectivity index (χ2n) is 2.54. The van der Waals surface area contributed by atoms with Crippen LogP contribution in [-0.4, -0.2) is 35.6 Å². The number of rotatable bonds is 4. The van der Waals surface area contributed by atoms with Crippen molar-refractivity contribution in [1.29, 1.82) is 0 Å². The summed E-state index contributed by atoms with van der Waals surface area (Å²) in [5, 5.41) is 12.0. The number of ketones is 1. The smallest absolute Gasteiger partial charge is 0.194 e. The van der Waals surface area contributed by atoms with Crippen LogP contribution in [0.2, 0.25) is 0 Å². The maximum atomic E-state index is 11.3. The molecule has 3 N–H and O–H groups in total. The van der Waals surface area contributed by atoms with E-state index in [4.69, 9.17) is 0 Å². The quantitative estimate of drug-likeness (QED) is 0.544. The number of hydrogen-bond acceptors (Lipinski definition) is 3. The zero-order valence-electron chi connectivity index (χ0n) is 6.87. The highest BCUT2D eigenvalue weighted by Crippen LogP contribution is 2.01. The largest absolute Gasteiger partial charge is 0.384 e. The molecule has 4 nitrogen and oxygen atoms in total. The minimum atomic E-state index is -0.953. The molecule has 1 atom stereocenters. The predicted octanol–water partition coefficient (Wildman–Crippen LogP) is -0.222. The van der Waals surface area contributed by atoms with Crippen LogP contribution in [0.4, 0.5) is 0 Å². The van der Waals surface area contributed by atoms with Gasteiger partial charge in [-0.05, 0) is 13.1 Å². The normalized spacial score (nSPS) is 12.8. The van der Waals surface area contributed by atoms with Crippen LogP contribution >= 0.6 is 0 Å². The summed E-state index contributed by atoms with van der Waals surface area (Å²) in [6.07, 6.45) is 2.27. The van der Waals surface area contributed by atoms with Gasteiger partial charge in [-0.15, -0.1) is 0 Å². The molecule has 0 saturated heterocycles. The average molecular weight is 168 g/mol. The molecular weight excluding hydrogens is 156 g/mol. The predicted molar refractivity (Wildman–Crippen MR) is 45.1 cm³/mol. The van der Waals surface area contributed by atoms with E-state index >= 15 is 0 Å². The number of nitrogens with one attached hydrogen (secondary N) is 2. The highest BCUT2D eigenvalue weighted by Gasteiger charge is 2.15. The molecule has 0 fully saturated rings. The van der Waals surface area contributed by atoms with E-state index < -0.39 is 6.10 Å². The molecule has 0 saturated carbocycles. The van der Waals surface area contributed by atoms with Crippen LogP contribution < -0.4 is 5.32 Å². The maximum absolute atomic E-state index is 11.3. The number of aromatic nitrogens is 1. The van der Waals surface area contributed by atoms with E-state index in [0.717, 1.165) is 0 Å².